The molecule has 0 spiro atoms. The van der Waals surface area contributed by atoms with E-state index in [1.165, 1.54) is 0 Å². The number of carboxylic acids is 1. The van der Waals surface area contributed by atoms with Gasteiger partial charge in [-0.05, 0) is 30.7 Å². The highest BCUT2D eigenvalue weighted by Crippen LogP contribution is 2.16. The minimum Gasteiger partial charge on any atom is -0.480 e. The van der Waals surface area contributed by atoms with Crippen LogP contribution in [0.2, 0.25) is 0 Å². The van der Waals surface area contributed by atoms with Crippen molar-refractivity contribution < 1.29 is 22.7 Å². The van der Waals surface area contributed by atoms with Crippen molar-refractivity contribution in [3.05, 3.63) is 30.1 Å². The van der Waals surface area contributed by atoms with Crippen molar-refractivity contribution in [3.8, 4) is 0 Å². The molecule has 0 aromatic heterocycles. The fourth-order valence-corrected chi connectivity index (χ4v) is 2.92. The minimum atomic E-state index is -3.89. The molecule has 100 valence electrons. The number of hydrogen-bond acceptors (Lipinski definition) is 3. The maximum absolute atomic E-state index is 12.7. The van der Waals surface area contributed by atoms with Crippen LogP contribution in [0, 0.1) is 5.82 Å². The van der Waals surface area contributed by atoms with Crippen LogP contribution in [-0.2, 0) is 14.8 Å². The standard InChI is InChI=1S/C11H14FNO4S/c1-2-7-13(8-11(14)15)18(16,17)10-5-3-9(12)4-6-10/h3-6H,2,7-8H2,1H3,(H,14,15). The molecular weight excluding hydrogens is 261 g/mol. The largest absolute Gasteiger partial charge is 0.480 e. The Morgan fingerprint density at radius 3 is 2.33 bits per heavy atom. The molecular formula is C11H14FNO4S. The van der Waals surface area contributed by atoms with Crippen molar-refractivity contribution >= 4 is 16.0 Å². The maximum Gasteiger partial charge on any atom is 0.318 e. The lowest BCUT2D eigenvalue weighted by Gasteiger charge is -2.19. The van der Waals surface area contributed by atoms with Crippen LogP contribution in [-0.4, -0.2) is 36.9 Å². The van der Waals surface area contributed by atoms with Gasteiger partial charge in [-0.3, -0.25) is 4.79 Å². The number of sulfonamides is 1. The fraction of sp³-hybridized carbons (Fsp3) is 0.364. The Balaban J connectivity index is 3.08. The van der Waals surface area contributed by atoms with Gasteiger partial charge in [-0.1, -0.05) is 6.92 Å². The van der Waals surface area contributed by atoms with E-state index < -0.39 is 28.4 Å². The Kier molecular flexibility index (Phi) is 4.80. The van der Waals surface area contributed by atoms with Crippen LogP contribution in [0.4, 0.5) is 4.39 Å². The Morgan fingerprint density at radius 1 is 1.33 bits per heavy atom. The van der Waals surface area contributed by atoms with E-state index in [0.29, 0.717) is 6.42 Å². The van der Waals surface area contributed by atoms with E-state index >= 15 is 0 Å². The topological polar surface area (TPSA) is 74.7 Å². The lowest BCUT2D eigenvalue weighted by atomic mass is 10.4. The van der Waals surface area contributed by atoms with Crippen molar-refractivity contribution in [1.29, 1.82) is 0 Å². The van der Waals surface area contributed by atoms with Gasteiger partial charge in [-0.25, -0.2) is 12.8 Å². The van der Waals surface area contributed by atoms with Crippen molar-refractivity contribution in [3.63, 3.8) is 0 Å². The van der Waals surface area contributed by atoms with Gasteiger partial charge in [0.15, 0.2) is 0 Å². The van der Waals surface area contributed by atoms with Gasteiger partial charge in [-0.15, -0.1) is 0 Å². The first-order chi connectivity index (χ1) is 8.37. The molecule has 0 aliphatic carbocycles. The molecule has 1 aromatic carbocycles. The Hall–Kier alpha value is -1.47. The second kappa shape index (κ2) is 5.92. The van der Waals surface area contributed by atoms with E-state index in [0.717, 1.165) is 28.6 Å². The first-order valence-corrected chi connectivity index (χ1v) is 6.79. The monoisotopic (exact) mass is 275 g/mol. The predicted octanol–water partition coefficient (Wildman–Crippen LogP) is 1.31. The van der Waals surface area contributed by atoms with Crippen LogP contribution in [0.1, 0.15) is 13.3 Å². The van der Waals surface area contributed by atoms with Crippen LogP contribution in [0.3, 0.4) is 0 Å². The molecule has 18 heavy (non-hydrogen) atoms. The van der Waals surface area contributed by atoms with Crippen molar-refractivity contribution in [2.75, 3.05) is 13.1 Å². The van der Waals surface area contributed by atoms with Crippen molar-refractivity contribution in [2.24, 2.45) is 0 Å². The third-order valence-corrected chi connectivity index (χ3v) is 4.10. The van der Waals surface area contributed by atoms with E-state index in [1.807, 2.05) is 0 Å². The van der Waals surface area contributed by atoms with E-state index in [1.54, 1.807) is 6.92 Å². The average Bonchev–Trinajstić information content (AvgIpc) is 2.28. The molecule has 0 aliphatic heterocycles. The Bertz CT molecular complexity index is 512. The third-order valence-electron chi connectivity index (χ3n) is 2.24. The number of carboxylic acid groups (broad SMARTS) is 1. The highest BCUT2D eigenvalue weighted by molar-refractivity contribution is 7.89. The molecule has 7 heteroatoms. The van der Waals surface area contributed by atoms with Gasteiger partial charge in [0.1, 0.15) is 12.4 Å². The summed E-state index contributed by atoms with van der Waals surface area (Å²) in [6.45, 7) is 1.24. The summed E-state index contributed by atoms with van der Waals surface area (Å²) >= 11 is 0. The molecule has 1 aromatic rings. The number of halogens is 1. The summed E-state index contributed by atoms with van der Waals surface area (Å²) in [5, 5.41) is 8.70. The summed E-state index contributed by atoms with van der Waals surface area (Å²) in [6.07, 6.45) is 0.494. The lowest BCUT2D eigenvalue weighted by molar-refractivity contribution is -0.137. The van der Waals surface area contributed by atoms with Gasteiger partial charge >= 0.3 is 5.97 Å². The summed E-state index contributed by atoms with van der Waals surface area (Å²) in [5.74, 6) is -1.77. The third kappa shape index (κ3) is 3.51. The van der Waals surface area contributed by atoms with Gasteiger partial charge in [0.05, 0.1) is 4.90 Å². The van der Waals surface area contributed by atoms with E-state index in [-0.39, 0.29) is 11.4 Å². The minimum absolute atomic E-state index is 0.103. The molecule has 1 rings (SSSR count). The molecule has 0 bridgehead atoms. The number of rotatable bonds is 6. The quantitative estimate of drug-likeness (QED) is 0.849. The van der Waals surface area contributed by atoms with Crippen LogP contribution in [0.25, 0.3) is 0 Å². The zero-order valence-electron chi connectivity index (χ0n) is 9.84. The second-order valence-corrected chi connectivity index (χ2v) is 5.62. The molecule has 0 unspecified atom stereocenters. The maximum atomic E-state index is 12.7. The Morgan fingerprint density at radius 2 is 1.89 bits per heavy atom. The van der Waals surface area contributed by atoms with Gasteiger partial charge in [0.25, 0.3) is 0 Å². The molecule has 0 atom stereocenters. The van der Waals surface area contributed by atoms with Gasteiger partial charge in [0.2, 0.25) is 10.0 Å². The van der Waals surface area contributed by atoms with Crippen LogP contribution in [0.5, 0.6) is 0 Å². The van der Waals surface area contributed by atoms with E-state index in [2.05, 4.69) is 0 Å². The van der Waals surface area contributed by atoms with Gasteiger partial charge in [-0.2, -0.15) is 4.31 Å². The lowest BCUT2D eigenvalue weighted by Crippen LogP contribution is -2.36. The fourth-order valence-electron chi connectivity index (χ4n) is 1.44. The predicted molar refractivity (Wildman–Crippen MR) is 63.1 cm³/mol. The molecule has 0 amide bonds. The molecule has 0 saturated carbocycles. The molecule has 5 nitrogen and oxygen atoms in total. The molecule has 0 saturated heterocycles. The number of nitrogens with zero attached hydrogens (tertiary/aromatic N) is 1. The summed E-state index contributed by atoms with van der Waals surface area (Å²) < 4.78 is 37.8. The SMILES string of the molecule is CCCN(CC(=O)O)S(=O)(=O)c1ccc(F)cc1. The van der Waals surface area contributed by atoms with E-state index in [9.17, 15) is 17.6 Å². The highest BCUT2D eigenvalue weighted by Gasteiger charge is 2.25. The molecule has 0 heterocycles. The van der Waals surface area contributed by atoms with Crippen molar-refractivity contribution in [1.82, 2.24) is 4.31 Å². The molecule has 0 radical (unpaired) electrons. The van der Waals surface area contributed by atoms with Gasteiger partial charge in [0, 0.05) is 6.54 Å². The highest BCUT2D eigenvalue weighted by atomic mass is 32.2. The number of carbonyl (C=O) groups is 1. The summed E-state index contributed by atoms with van der Waals surface area (Å²) in [4.78, 5) is 10.5. The van der Waals surface area contributed by atoms with Crippen molar-refractivity contribution in [2.45, 2.75) is 18.2 Å². The first kappa shape index (κ1) is 14.6. The number of hydrogen-bond donors (Lipinski definition) is 1. The second-order valence-electron chi connectivity index (χ2n) is 3.69. The summed E-state index contributed by atoms with van der Waals surface area (Å²) in [6, 6.07) is 4.29. The molecule has 0 fully saturated rings. The molecule has 1 N–H and O–H groups in total. The number of benzene rings is 1. The van der Waals surface area contributed by atoms with Crippen LogP contribution < -0.4 is 0 Å². The zero-order valence-corrected chi connectivity index (χ0v) is 10.7. The van der Waals surface area contributed by atoms with Gasteiger partial charge < -0.3 is 5.11 Å². The first-order valence-electron chi connectivity index (χ1n) is 5.35. The van der Waals surface area contributed by atoms with Crippen LogP contribution >= 0.6 is 0 Å². The molecule has 0 aliphatic rings. The summed E-state index contributed by atoms with van der Waals surface area (Å²) in [7, 11) is -3.89. The smallest absolute Gasteiger partial charge is 0.318 e. The van der Waals surface area contributed by atoms with E-state index in [4.69, 9.17) is 5.11 Å². The average molecular weight is 275 g/mol. The number of aliphatic carboxylic acids is 1. The Labute approximate surface area is 105 Å². The zero-order chi connectivity index (χ0) is 13.8. The normalized spacial score (nSPS) is 11.7. The van der Waals surface area contributed by atoms with Crippen LogP contribution in [0.15, 0.2) is 29.2 Å². The summed E-state index contributed by atoms with van der Waals surface area (Å²) in [5.41, 5.74) is 0.